The van der Waals surface area contributed by atoms with Gasteiger partial charge in [-0.2, -0.15) is 18.3 Å². The Hall–Kier alpha value is -2.20. The van der Waals surface area contributed by atoms with Crippen LogP contribution in [0.2, 0.25) is 0 Å². The first-order chi connectivity index (χ1) is 11.6. The second kappa shape index (κ2) is 7.20. The van der Waals surface area contributed by atoms with Crippen LogP contribution in [-0.2, 0) is 11.0 Å². The van der Waals surface area contributed by atoms with Crippen molar-refractivity contribution in [3.8, 4) is 0 Å². The summed E-state index contributed by atoms with van der Waals surface area (Å²) in [7, 11) is 2.52. The van der Waals surface area contributed by atoms with Crippen molar-refractivity contribution in [2.75, 3.05) is 27.2 Å². The zero-order valence-corrected chi connectivity index (χ0v) is 15.0. The maximum absolute atomic E-state index is 13.6. The predicted molar refractivity (Wildman–Crippen MR) is 82.6 cm³/mol. The van der Waals surface area contributed by atoms with Crippen LogP contribution in [0.1, 0.15) is 36.8 Å². The van der Waals surface area contributed by atoms with Crippen molar-refractivity contribution in [2.24, 2.45) is 5.41 Å². The summed E-state index contributed by atoms with van der Waals surface area (Å²) in [4.78, 5) is 26.3. The predicted octanol–water partition coefficient (Wildman–Crippen LogP) is 2.64. The third kappa shape index (κ3) is 4.50. The first-order valence-corrected chi connectivity index (χ1v) is 7.60. The average Bonchev–Trinajstić information content (AvgIpc) is 2.99. The smallest absolute Gasteiger partial charge is 0.343 e. The lowest BCUT2D eigenvalue weighted by molar-refractivity contribution is -0.161. The molecule has 1 rings (SSSR count). The van der Waals surface area contributed by atoms with Crippen LogP contribution in [0.3, 0.4) is 0 Å². The lowest BCUT2D eigenvalue weighted by atomic mass is 9.85. The number of aromatic amines is 1. The van der Waals surface area contributed by atoms with E-state index >= 15 is 0 Å². The molecule has 0 spiro atoms. The van der Waals surface area contributed by atoms with Crippen LogP contribution in [0.4, 0.5) is 22.0 Å². The minimum absolute atomic E-state index is 0.129. The fourth-order valence-electron chi connectivity index (χ4n) is 2.02. The van der Waals surface area contributed by atoms with E-state index in [-0.39, 0.29) is 13.1 Å². The van der Waals surface area contributed by atoms with Gasteiger partial charge in [-0.3, -0.25) is 14.7 Å². The van der Waals surface area contributed by atoms with Crippen LogP contribution < -0.4 is 0 Å². The Bertz CT molecular complexity index is 664. The van der Waals surface area contributed by atoms with Gasteiger partial charge >= 0.3 is 6.18 Å². The molecule has 0 fully saturated rings. The number of halogens is 5. The van der Waals surface area contributed by atoms with E-state index in [4.69, 9.17) is 0 Å². The Labute approximate surface area is 147 Å². The summed E-state index contributed by atoms with van der Waals surface area (Å²) in [5, 5.41) is 5.24. The van der Waals surface area contributed by atoms with Crippen LogP contribution in [-0.4, -0.2) is 64.9 Å². The molecule has 0 aromatic carbocycles. The highest BCUT2D eigenvalue weighted by atomic mass is 19.4. The Balaban J connectivity index is 2.78. The molecule has 6 nitrogen and oxygen atoms in total. The number of H-pyrrole nitrogens is 1. The maximum Gasteiger partial charge on any atom is 0.420 e. The number of hydrogen-bond acceptors (Lipinski definition) is 3. The van der Waals surface area contributed by atoms with E-state index in [1.54, 1.807) is 0 Å². The summed E-state index contributed by atoms with van der Waals surface area (Å²) in [6.45, 7) is 2.55. The Morgan fingerprint density at radius 2 is 1.54 bits per heavy atom. The minimum atomic E-state index is -4.75. The van der Waals surface area contributed by atoms with Gasteiger partial charge in [0.15, 0.2) is 0 Å². The molecule has 0 bridgehead atoms. The van der Waals surface area contributed by atoms with E-state index in [9.17, 15) is 31.5 Å². The fraction of sp³-hybridized carbons (Fsp3) is 0.667. The van der Waals surface area contributed by atoms with E-state index < -0.39 is 40.6 Å². The zero-order valence-electron chi connectivity index (χ0n) is 15.0. The van der Waals surface area contributed by atoms with Gasteiger partial charge in [-0.1, -0.05) is 0 Å². The number of nitrogens with one attached hydrogen (secondary N) is 1. The lowest BCUT2D eigenvalue weighted by Gasteiger charge is -2.34. The Morgan fingerprint density at radius 1 is 1.04 bits per heavy atom. The van der Waals surface area contributed by atoms with E-state index in [0.717, 1.165) is 23.6 Å². The Morgan fingerprint density at radius 3 is 2.00 bits per heavy atom. The van der Waals surface area contributed by atoms with E-state index in [1.807, 2.05) is 5.10 Å². The van der Waals surface area contributed by atoms with E-state index in [1.165, 1.54) is 14.1 Å². The molecule has 0 aliphatic heterocycles. The van der Waals surface area contributed by atoms with Gasteiger partial charge in [-0.25, -0.2) is 8.78 Å². The van der Waals surface area contributed by atoms with Crippen LogP contribution in [0.15, 0.2) is 6.20 Å². The summed E-state index contributed by atoms with van der Waals surface area (Å²) >= 11 is 0. The first-order valence-electron chi connectivity index (χ1n) is 7.60. The number of amides is 2. The van der Waals surface area contributed by atoms with Crippen molar-refractivity contribution in [2.45, 2.75) is 32.9 Å². The average molecular weight is 384 g/mol. The number of rotatable bonds is 6. The first kappa shape index (κ1) is 21.8. The number of alkyl halides is 5. The second-order valence-electron chi connectivity index (χ2n) is 6.62. The van der Waals surface area contributed by atoms with Crippen molar-refractivity contribution in [3.63, 3.8) is 0 Å². The van der Waals surface area contributed by atoms with Crippen molar-refractivity contribution >= 4 is 11.8 Å². The molecule has 148 valence electrons. The molecular formula is C15H21F5N4O2. The number of nitrogens with zero attached hydrogens (tertiary/aromatic N) is 3. The van der Waals surface area contributed by atoms with Crippen molar-refractivity contribution in [1.29, 1.82) is 0 Å². The Kier molecular flexibility index (Phi) is 6.05. The highest BCUT2D eigenvalue weighted by molar-refractivity contribution is 5.93. The summed E-state index contributed by atoms with van der Waals surface area (Å²) in [5.41, 5.74) is -3.89. The van der Waals surface area contributed by atoms with Gasteiger partial charge in [-0.15, -0.1) is 0 Å². The van der Waals surface area contributed by atoms with Crippen molar-refractivity contribution in [1.82, 2.24) is 20.0 Å². The second-order valence-corrected chi connectivity index (χ2v) is 6.62. The molecule has 0 saturated carbocycles. The van der Waals surface area contributed by atoms with E-state index in [2.05, 4.69) is 5.10 Å². The standard InChI is InChI=1S/C15H21F5N4O2/c1-13(2,14(3,16)17)12(26)24(5)7-6-23(4)11(25)10-9(8-21-22-10)15(18,19)20/h8H,6-7H2,1-5H3,(H,21,22). The summed E-state index contributed by atoms with van der Waals surface area (Å²) in [6, 6.07) is 0. The van der Waals surface area contributed by atoms with Gasteiger partial charge < -0.3 is 9.80 Å². The summed E-state index contributed by atoms with van der Waals surface area (Å²) < 4.78 is 65.5. The molecule has 26 heavy (non-hydrogen) atoms. The highest BCUT2D eigenvalue weighted by Gasteiger charge is 2.49. The minimum Gasteiger partial charge on any atom is -0.343 e. The van der Waals surface area contributed by atoms with Crippen LogP contribution in [0.25, 0.3) is 0 Å². The number of aromatic nitrogens is 2. The summed E-state index contributed by atoms with van der Waals surface area (Å²) in [6.07, 6.45) is -4.25. The quantitative estimate of drug-likeness (QED) is 0.767. The molecule has 2 amide bonds. The largest absolute Gasteiger partial charge is 0.420 e. The van der Waals surface area contributed by atoms with Crippen LogP contribution >= 0.6 is 0 Å². The molecule has 1 N–H and O–H groups in total. The third-order valence-corrected chi connectivity index (χ3v) is 4.25. The molecule has 1 aromatic rings. The van der Waals surface area contributed by atoms with Crippen molar-refractivity contribution < 1.29 is 31.5 Å². The number of likely N-dealkylation sites (N-methyl/N-ethyl adjacent to an activating group) is 2. The fourth-order valence-corrected chi connectivity index (χ4v) is 2.02. The van der Waals surface area contributed by atoms with Gasteiger partial charge in [-0.05, 0) is 13.8 Å². The molecule has 0 unspecified atom stereocenters. The van der Waals surface area contributed by atoms with Crippen molar-refractivity contribution in [3.05, 3.63) is 17.5 Å². The van der Waals surface area contributed by atoms with Crippen LogP contribution in [0, 0.1) is 5.41 Å². The van der Waals surface area contributed by atoms with Gasteiger partial charge in [0.05, 0.1) is 6.20 Å². The van der Waals surface area contributed by atoms with Gasteiger partial charge in [0, 0.05) is 34.1 Å². The third-order valence-electron chi connectivity index (χ3n) is 4.25. The monoisotopic (exact) mass is 384 g/mol. The van der Waals surface area contributed by atoms with Crippen LogP contribution in [0.5, 0.6) is 0 Å². The number of hydrogen-bond donors (Lipinski definition) is 1. The number of carbonyl (C=O) groups is 2. The van der Waals surface area contributed by atoms with Gasteiger partial charge in [0.25, 0.3) is 11.8 Å². The molecule has 0 aliphatic carbocycles. The molecular weight excluding hydrogens is 363 g/mol. The molecule has 1 aromatic heterocycles. The molecule has 11 heteroatoms. The highest BCUT2D eigenvalue weighted by Crippen LogP contribution is 2.37. The molecule has 1 heterocycles. The number of carbonyl (C=O) groups excluding carboxylic acids is 2. The summed E-state index contributed by atoms with van der Waals surface area (Å²) in [5.74, 6) is -5.09. The molecule has 0 atom stereocenters. The lowest BCUT2D eigenvalue weighted by Crippen LogP contribution is -2.49. The molecule has 0 radical (unpaired) electrons. The molecule has 0 aliphatic rings. The SMILES string of the molecule is CN(CCN(C)C(=O)C(C)(C)C(C)(F)F)C(=O)c1[nH]ncc1C(F)(F)F. The van der Waals surface area contributed by atoms with E-state index in [0.29, 0.717) is 13.1 Å². The molecule has 0 saturated heterocycles. The topological polar surface area (TPSA) is 69.3 Å². The van der Waals surface area contributed by atoms with Gasteiger partial charge in [0.2, 0.25) is 5.91 Å². The normalized spacial score (nSPS) is 12.8. The zero-order chi connectivity index (χ0) is 20.5. The van der Waals surface area contributed by atoms with Gasteiger partial charge in [0.1, 0.15) is 16.7 Å². The maximum atomic E-state index is 13.6.